The van der Waals surface area contributed by atoms with Crippen molar-refractivity contribution in [3.05, 3.63) is 0 Å². The second-order valence-corrected chi connectivity index (χ2v) is 5.68. The van der Waals surface area contributed by atoms with Gasteiger partial charge < -0.3 is 14.8 Å². The van der Waals surface area contributed by atoms with E-state index in [0.29, 0.717) is 12.5 Å². The Hall–Kier alpha value is -0.210. The molecule has 0 aromatic carbocycles. The van der Waals surface area contributed by atoms with Crippen molar-refractivity contribution in [3.8, 4) is 0 Å². The Morgan fingerprint density at radius 3 is 2.25 bits per heavy atom. The van der Waals surface area contributed by atoms with Gasteiger partial charge in [0.05, 0.1) is 6.61 Å². The molecule has 0 aliphatic rings. The minimum Gasteiger partial charge on any atom is -0.746 e. The zero-order valence-electron chi connectivity index (χ0n) is 9.66. The highest BCUT2D eigenvalue weighted by Crippen LogP contribution is 2.04. The number of aliphatic hydroxyl groups excluding tert-OH is 2. The average molecular weight is 254 g/mol. The Bertz CT molecular complexity index is 278. The molecule has 0 rings (SSSR count). The second kappa shape index (κ2) is 7.18. The standard InChI is InChI=1S/C9H21NO5S/c1-8(2)3-4-10(5-6-11)7-9(12)16(13,14)15/h8-9,11-12H,3-7H2,1-2H3,(H,13,14,15)/p-1. The molecule has 0 radical (unpaired) electrons. The van der Waals surface area contributed by atoms with E-state index in [4.69, 9.17) is 10.2 Å². The van der Waals surface area contributed by atoms with Crippen molar-refractivity contribution in [1.29, 1.82) is 0 Å². The van der Waals surface area contributed by atoms with E-state index in [9.17, 15) is 13.0 Å². The molecular formula is C9H20NO5S-. The molecule has 98 valence electrons. The molecule has 0 aliphatic heterocycles. The third kappa shape index (κ3) is 7.13. The van der Waals surface area contributed by atoms with Crippen molar-refractivity contribution in [2.75, 3.05) is 26.2 Å². The van der Waals surface area contributed by atoms with Gasteiger partial charge in [-0.2, -0.15) is 0 Å². The third-order valence-electron chi connectivity index (χ3n) is 2.19. The first-order valence-electron chi connectivity index (χ1n) is 5.23. The Morgan fingerprint density at radius 2 is 1.88 bits per heavy atom. The van der Waals surface area contributed by atoms with Crippen LogP contribution in [0.2, 0.25) is 0 Å². The molecule has 0 aromatic heterocycles. The quantitative estimate of drug-likeness (QED) is 0.549. The number of rotatable bonds is 8. The first kappa shape index (κ1) is 15.8. The Labute approximate surface area is 96.6 Å². The topological polar surface area (TPSA) is 101 Å². The van der Waals surface area contributed by atoms with E-state index in [1.165, 1.54) is 0 Å². The average Bonchev–Trinajstić information content (AvgIpc) is 2.12. The van der Waals surface area contributed by atoms with Gasteiger partial charge >= 0.3 is 0 Å². The van der Waals surface area contributed by atoms with Crippen LogP contribution in [-0.4, -0.2) is 59.8 Å². The second-order valence-electron chi connectivity index (χ2n) is 4.15. The summed E-state index contributed by atoms with van der Waals surface area (Å²) in [6, 6.07) is 0. The summed E-state index contributed by atoms with van der Waals surface area (Å²) in [4.78, 5) is 1.57. The molecule has 6 nitrogen and oxygen atoms in total. The van der Waals surface area contributed by atoms with Gasteiger partial charge in [-0.25, -0.2) is 8.42 Å². The summed E-state index contributed by atoms with van der Waals surface area (Å²) in [5.41, 5.74) is -1.92. The van der Waals surface area contributed by atoms with E-state index in [0.717, 1.165) is 6.42 Å². The molecule has 1 unspecified atom stereocenters. The zero-order valence-corrected chi connectivity index (χ0v) is 10.5. The van der Waals surface area contributed by atoms with Crippen molar-refractivity contribution in [3.63, 3.8) is 0 Å². The van der Waals surface area contributed by atoms with Crippen LogP contribution >= 0.6 is 0 Å². The maximum atomic E-state index is 10.5. The molecular weight excluding hydrogens is 234 g/mol. The Kier molecular flexibility index (Phi) is 7.09. The first-order valence-corrected chi connectivity index (χ1v) is 6.70. The van der Waals surface area contributed by atoms with Crippen molar-refractivity contribution in [2.45, 2.75) is 25.7 Å². The van der Waals surface area contributed by atoms with Gasteiger partial charge in [0.1, 0.15) is 10.1 Å². The summed E-state index contributed by atoms with van der Waals surface area (Å²) in [5.74, 6) is 0.433. The molecule has 16 heavy (non-hydrogen) atoms. The van der Waals surface area contributed by atoms with E-state index >= 15 is 0 Å². The largest absolute Gasteiger partial charge is 0.746 e. The Balaban J connectivity index is 4.22. The van der Waals surface area contributed by atoms with E-state index < -0.39 is 15.6 Å². The predicted molar refractivity (Wildman–Crippen MR) is 58.7 cm³/mol. The van der Waals surface area contributed by atoms with Crippen LogP contribution in [-0.2, 0) is 10.1 Å². The van der Waals surface area contributed by atoms with Crippen LogP contribution in [0.25, 0.3) is 0 Å². The van der Waals surface area contributed by atoms with Crippen molar-refractivity contribution in [1.82, 2.24) is 4.90 Å². The summed E-state index contributed by atoms with van der Waals surface area (Å²) >= 11 is 0. The molecule has 0 heterocycles. The summed E-state index contributed by atoms with van der Waals surface area (Å²) in [7, 11) is -4.67. The third-order valence-corrected chi connectivity index (χ3v) is 3.00. The van der Waals surface area contributed by atoms with Crippen LogP contribution in [0.15, 0.2) is 0 Å². The van der Waals surface area contributed by atoms with Gasteiger partial charge in [-0.15, -0.1) is 0 Å². The maximum absolute atomic E-state index is 10.5. The van der Waals surface area contributed by atoms with Crippen molar-refractivity contribution in [2.24, 2.45) is 5.92 Å². The summed E-state index contributed by atoms with van der Waals surface area (Å²) in [6.45, 7) is 4.43. The molecule has 0 saturated carbocycles. The molecule has 0 aromatic rings. The van der Waals surface area contributed by atoms with Gasteiger partial charge in [0.2, 0.25) is 0 Å². The fourth-order valence-electron chi connectivity index (χ4n) is 1.19. The normalized spacial score (nSPS) is 14.7. The van der Waals surface area contributed by atoms with E-state index in [1.807, 2.05) is 13.8 Å². The van der Waals surface area contributed by atoms with Crippen LogP contribution in [0.3, 0.4) is 0 Å². The van der Waals surface area contributed by atoms with E-state index in [2.05, 4.69) is 0 Å². The summed E-state index contributed by atoms with van der Waals surface area (Å²) in [6.07, 6.45) is 0.811. The van der Waals surface area contributed by atoms with Gasteiger partial charge in [-0.3, -0.25) is 4.90 Å². The monoisotopic (exact) mass is 254 g/mol. The van der Waals surface area contributed by atoms with Crippen LogP contribution in [0.4, 0.5) is 0 Å². The SMILES string of the molecule is CC(C)CCN(CCO)CC(O)S(=O)(=O)[O-]. The number of aliphatic hydroxyl groups is 2. The van der Waals surface area contributed by atoms with Gasteiger partial charge in [0.25, 0.3) is 0 Å². The van der Waals surface area contributed by atoms with Crippen LogP contribution < -0.4 is 0 Å². The van der Waals surface area contributed by atoms with Crippen LogP contribution in [0, 0.1) is 5.92 Å². The first-order chi connectivity index (χ1) is 7.27. The van der Waals surface area contributed by atoms with Crippen molar-refractivity contribution >= 4 is 10.1 Å². The van der Waals surface area contributed by atoms with Crippen molar-refractivity contribution < 1.29 is 23.2 Å². The van der Waals surface area contributed by atoms with Gasteiger partial charge in [-0.1, -0.05) is 13.8 Å². The lowest BCUT2D eigenvalue weighted by atomic mass is 10.1. The predicted octanol–water partition coefficient (Wildman–Crippen LogP) is -0.810. The van der Waals surface area contributed by atoms with E-state index in [1.54, 1.807) is 4.90 Å². The molecule has 1 atom stereocenters. The highest BCUT2D eigenvalue weighted by molar-refractivity contribution is 7.86. The molecule has 0 fully saturated rings. The smallest absolute Gasteiger partial charge is 0.156 e. The lowest BCUT2D eigenvalue weighted by molar-refractivity contribution is 0.131. The fourth-order valence-corrected chi connectivity index (χ4v) is 1.58. The fraction of sp³-hybridized carbons (Fsp3) is 1.00. The molecule has 0 spiro atoms. The van der Waals surface area contributed by atoms with Gasteiger partial charge in [0, 0.05) is 13.1 Å². The highest BCUT2D eigenvalue weighted by Gasteiger charge is 2.16. The van der Waals surface area contributed by atoms with Crippen LogP contribution in [0.5, 0.6) is 0 Å². The molecule has 0 bridgehead atoms. The van der Waals surface area contributed by atoms with E-state index in [-0.39, 0.29) is 19.7 Å². The van der Waals surface area contributed by atoms with Gasteiger partial charge in [0.15, 0.2) is 5.44 Å². The van der Waals surface area contributed by atoms with Gasteiger partial charge in [-0.05, 0) is 18.9 Å². The maximum Gasteiger partial charge on any atom is 0.156 e. The minimum absolute atomic E-state index is 0.135. The molecule has 7 heteroatoms. The minimum atomic E-state index is -4.67. The Morgan fingerprint density at radius 1 is 1.31 bits per heavy atom. The number of nitrogens with zero attached hydrogens (tertiary/aromatic N) is 1. The molecule has 0 aliphatic carbocycles. The lowest BCUT2D eigenvalue weighted by Crippen LogP contribution is -2.39. The molecule has 2 N–H and O–H groups in total. The number of hydrogen-bond donors (Lipinski definition) is 2. The summed E-state index contributed by atoms with van der Waals surface area (Å²) < 4.78 is 31.5. The van der Waals surface area contributed by atoms with Crippen LogP contribution in [0.1, 0.15) is 20.3 Å². The zero-order chi connectivity index (χ0) is 12.8. The molecule has 0 saturated heterocycles. The summed E-state index contributed by atoms with van der Waals surface area (Å²) in [5, 5.41) is 17.9. The lowest BCUT2D eigenvalue weighted by Gasteiger charge is -2.26. The molecule has 0 amide bonds. The number of hydrogen-bond acceptors (Lipinski definition) is 6. The highest BCUT2D eigenvalue weighted by atomic mass is 32.2.